The Morgan fingerprint density at radius 3 is 2.48 bits per heavy atom. The Hall–Kier alpha value is -1.91. The second-order valence-corrected chi connectivity index (χ2v) is 8.69. The molecule has 0 spiro atoms. The second kappa shape index (κ2) is 7.99. The number of rotatable bonds is 4. The fraction of sp³-hybridized carbons (Fsp3) is 0.682. The van der Waals surface area contributed by atoms with E-state index in [4.69, 9.17) is 4.98 Å². The molecule has 0 atom stereocenters. The molecule has 1 saturated carbocycles. The zero-order valence-corrected chi connectivity index (χ0v) is 16.8. The van der Waals surface area contributed by atoms with E-state index >= 15 is 0 Å². The van der Waals surface area contributed by atoms with Gasteiger partial charge in [0.05, 0.1) is 0 Å². The van der Waals surface area contributed by atoms with Gasteiger partial charge in [0.25, 0.3) is 5.91 Å². The Morgan fingerprint density at radius 1 is 1.07 bits per heavy atom. The summed E-state index contributed by atoms with van der Waals surface area (Å²) in [5.74, 6) is 1.16. The first kappa shape index (κ1) is 18.5. The lowest BCUT2D eigenvalue weighted by Gasteiger charge is -2.25. The molecule has 2 aliphatic rings. The van der Waals surface area contributed by atoms with Crippen LogP contribution in [0.3, 0.4) is 0 Å². The van der Waals surface area contributed by atoms with E-state index in [2.05, 4.69) is 25.0 Å². The molecule has 4 rings (SSSR count). The number of likely N-dealkylation sites (tertiary alicyclic amines) is 1. The van der Waals surface area contributed by atoms with Gasteiger partial charge in [0.2, 0.25) is 0 Å². The fourth-order valence-electron chi connectivity index (χ4n) is 4.62. The van der Waals surface area contributed by atoms with E-state index in [1.807, 2.05) is 15.5 Å². The lowest BCUT2D eigenvalue weighted by atomic mass is 9.86. The van der Waals surface area contributed by atoms with E-state index in [1.165, 1.54) is 38.5 Å². The molecule has 27 heavy (non-hydrogen) atoms. The topological polar surface area (TPSA) is 50.5 Å². The molecular weight excluding hydrogens is 336 g/mol. The highest BCUT2D eigenvalue weighted by Crippen LogP contribution is 2.28. The molecule has 0 radical (unpaired) electrons. The minimum Gasteiger partial charge on any atom is -0.337 e. The lowest BCUT2D eigenvalue weighted by molar-refractivity contribution is 0.0718. The van der Waals surface area contributed by atoms with Gasteiger partial charge in [-0.15, -0.1) is 0 Å². The minimum atomic E-state index is 0.0590. The van der Waals surface area contributed by atoms with Gasteiger partial charge in [-0.05, 0) is 43.6 Å². The number of aromatic nitrogens is 3. The Labute approximate surface area is 162 Å². The van der Waals surface area contributed by atoms with E-state index in [-0.39, 0.29) is 5.91 Å². The van der Waals surface area contributed by atoms with Crippen LogP contribution in [0.25, 0.3) is 5.65 Å². The Balaban J connectivity index is 1.64. The number of amides is 1. The van der Waals surface area contributed by atoms with Crippen LogP contribution < -0.4 is 0 Å². The van der Waals surface area contributed by atoms with E-state index in [0.29, 0.717) is 11.6 Å². The van der Waals surface area contributed by atoms with Crippen LogP contribution >= 0.6 is 0 Å². The standard InChI is InChI=1S/C22H32N4O/c1-16(2)20-14-18(13-17-9-5-3-6-10-17)23-21-15-19(24-26(20)21)22(27)25-11-7-4-8-12-25/h14-17H,3-13H2,1-2H3. The molecule has 0 bridgehead atoms. The van der Waals surface area contributed by atoms with Crippen molar-refractivity contribution in [1.29, 1.82) is 0 Å². The molecule has 1 aliphatic heterocycles. The average Bonchev–Trinajstić information content (AvgIpc) is 3.12. The van der Waals surface area contributed by atoms with Crippen LogP contribution in [0.2, 0.25) is 0 Å². The first-order valence-electron chi connectivity index (χ1n) is 10.8. The van der Waals surface area contributed by atoms with Gasteiger partial charge in [0, 0.05) is 30.5 Å². The number of nitrogens with zero attached hydrogens (tertiary/aromatic N) is 4. The molecule has 2 fully saturated rings. The van der Waals surface area contributed by atoms with Gasteiger partial charge in [-0.3, -0.25) is 4.79 Å². The van der Waals surface area contributed by atoms with Crippen LogP contribution in [0.4, 0.5) is 0 Å². The molecule has 5 nitrogen and oxygen atoms in total. The molecule has 1 saturated heterocycles. The summed E-state index contributed by atoms with van der Waals surface area (Å²) in [4.78, 5) is 19.7. The number of hydrogen-bond acceptors (Lipinski definition) is 3. The van der Waals surface area contributed by atoms with Gasteiger partial charge in [-0.25, -0.2) is 9.50 Å². The van der Waals surface area contributed by atoms with E-state index in [9.17, 15) is 4.79 Å². The Kier molecular flexibility index (Phi) is 5.46. The maximum atomic E-state index is 12.9. The quantitative estimate of drug-likeness (QED) is 0.792. The van der Waals surface area contributed by atoms with Crippen molar-refractivity contribution in [3.8, 4) is 0 Å². The predicted molar refractivity (Wildman–Crippen MR) is 107 cm³/mol. The molecule has 0 unspecified atom stereocenters. The summed E-state index contributed by atoms with van der Waals surface area (Å²) in [5, 5.41) is 4.66. The van der Waals surface area contributed by atoms with Crippen LogP contribution in [0.1, 0.15) is 93.0 Å². The number of hydrogen-bond donors (Lipinski definition) is 0. The third-order valence-corrected chi connectivity index (χ3v) is 6.18. The molecule has 2 aromatic heterocycles. The molecule has 1 amide bonds. The summed E-state index contributed by atoms with van der Waals surface area (Å²) >= 11 is 0. The second-order valence-electron chi connectivity index (χ2n) is 8.69. The first-order valence-corrected chi connectivity index (χ1v) is 10.8. The van der Waals surface area contributed by atoms with E-state index < -0.39 is 0 Å². The lowest BCUT2D eigenvalue weighted by Crippen LogP contribution is -2.35. The zero-order chi connectivity index (χ0) is 18.8. The maximum absolute atomic E-state index is 12.9. The molecular formula is C22H32N4O. The zero-order valence-electron chi connectivity index (χ0n) is 16.8. The molecule has 146 valence electrons. The van der Waals surface area contributed by atoms with Crippen molar-refractivity contribution in [2.45, 2.75) is 77.6 Å². The van der Waals surface area contributed by atoms with Crippen LogP contribution in [0.15, 0.2) is 12.1 Å². The molecule has 0 aromatic carbocycles. The highest BCUT2D eigenvalue weighted by atomic mass is 16.2. The molecule has 2 aromatic rings. The van der Waals surface area contributed by atoms with Crippen LogP contribution in [-0.2, 0) is 6.42 Å². The van der Waals surface area contributed by atoms with Crippen molar-refractivity contribution < 1.29 is 4.79 Å². The molecule has 3 heterocycles. The van der Waals surface area contributed by atoms with Gasteiger partial charge >= 0.3 is 0 Å². The monoisotopic (exact) mass is 368 g/mol. The van der Waals surface area contributed by atoms with Crippen LogP contribution in [-0.4, -0.2) is 38.5 Å². The average molecular weight is 369 g/mol. The first-order chi connectivity index (χ1) is 13.1. The largest absolute Gasteiger partial charge is 0.337 e. The van der Waals surface area contributed by atoms with Crippen molar-refractivity contribution in [1.82, 2.24) is 19.5 Å². The van der Waals surface area contributed by atoms with Crippen molar-refractivity contribution >= 4 is 11.6 Å². The summed E-state index contributed by atoms with van der Waals surface area (Å²) in [6.07, 6.45) is 11.2. The van der Waals surface area contributed by atoms with Gasteiger partial charge in [-0.1, -0.05) is 46.0 Å². The smallest absolute Gasteiger partial charge is 0.274 e. The van der Waals surface area contributed by atoms with Crippen molar-refractivity contribution in [2.24, 2.45) is 5.92 Å². The Morgan fingerprint density at radius 2 is 1.78 bits per heavy atom. The van der Waals surface area contributed by atoms with Crippen LogP contribution in [0, 0.1) is 5.92 Å². The molecule has 5 heteroatoms. The van der Waals surface area contributed by atoms with E-state index in [1.54, 1.807) is 0 Å². The summed E-state index contributed by atoms with van der Waals surface area (Å²) in [6.45, 7) is 6.08. The Bertz CT molecular complexity index is 798. The highest BCUT2D eigenvalue weighted by molar-refractivity contribution is 5.93. The molecule has 1 aliphatic carbocycles. The van der Waals surface area contributed by atoms with Crippen molar-refractivity contribution in [2.75, 3.05) is 13.1 Å². The predicted octanol–water partition coefficient (Wildman–Crippen LogP) is 4.60. The van der Waals surface area contributed by atoms with Gasteiger partial charge in [0.15, 0.2) is 11.3 Å². The summed E-state index contributed by atoms with van der Waals surface area (Å²) in [6, 6.07) is 4.11. The SMILES string of the molecule is CC(C)c1cc(CC2CCCCC2)nc2cc(C(=O)N3CCCCC3)nn12. The van der Waals surface area contributed by atoms with Gasteiger partial charge in [-0.2, -0.15) is 5.10 Å². The number of carbonyl (C=O) groups excluding carboxylic acids is 1. The third-order valence-electron chi connectivity index (χ3n) is 6.18. The number of piperidine rings is 1. The highest BCUT2D eigenvalue weighted by Gasteiger charge is 2.23. The maximum Gasteiger partial charge on any atom is 0.274 e. The van der Waals surface area contributed by atoms with Crippen molar-refractivity contribution in [3.63, 3.8) is 0 Å². The number of fused-ring (bicyclic) bond motifs is 1. The normalized spacial score (nSPS) is 19.1. The fourth-order valence-corrected chi connectivity index (χ4v) is 4.62. The number of carbonyl (C=O) groups is 1. The van der Waals surface area contributed by atoms with Gasteiger partial charge < -0.3 is 4.90 Å². The van der Waals surface area contributed by atoms with E-state index in [0.717, 1.165) is 55.3 Å². The minimum absolute atomic E-state index is 0.0590. The van der Waals surface area contributed by atoms with Crippen molar-refractivity contribution in [3.05, 3.63) is 29.2 Å². The summed E-state index contributed by atoms with van der Waals surface area (Å²) < 4.78 is 1.90. The molecule has 0 N–H and O–H groups in total. The summed E-state index contributed by atoms with van der Waals surface area (Å²) in [7, 11) is 0. The van der Waals surface area contributed by atoms with Crippen LogP contribution in [0.5, 0.6) is 0 Å². The third kappa shape index (κ3) is 4.02. The summed E-state index contributed by atoms with van der Waals surface area (Å²) in [5.41, 5.74) is 3.69. The van der Waals surface area contributed by atoms with Gasteiger partial charge in [0.1, 0.15) is 0 Å².